The van der Waals surface area contributed by atoms with Crippen LogP contribution in [0.15, 0.2) is 35.2 Å². The van der Waals surface area contributed by atoms with Crippen LogP contribution in [0.5, 0.6) is 0 Å². The van der Waals surface area contributed by atoms with Crippen molar-refractivity contribution in [1.29, 1.82) is 0 Å². The monoisotopic (exact) mass is 579 g/mol. The summed E-state index contributed by atoms with van der Waals surface area (Å²) in [5.41, 5.74) is 0.784. The maximum Gasteiger partial charge on any atom is 0.393 e. The van der Waals surface area contributed by atoms with Crippen LogP contribution in [0.1, 0.15) is 42.2 Å². The Morgan fingerprint density at radius 2 is 2.10 bits per heavy atom. The molecule has 0 spiro atoms. The number of benzene rings is 1. The molecular weight excluding hydrogens is 550 g/mol. The molecule has 0 aliphatic carbocycles. The largest absolute Gasteiger partial charge is 0.393 e. The van der Waals surface area contributed by atoms with Gasteiger partial charge in [-0.25, -0.2) is 9.37 Å². The number of carbonyl (C=O) groups excluding carboxylic acids is 1. The van der Waals surface area contributed by atoms with Crippen molar-refractivity contribution in [3.8, 4) is 10.7 Å². The average molecular weight is 580 g/mol. The van der Waals surface area contributed by atoms with Crippen LogP contribution in [0.3, 0.4) is 0 Å². The van der Waals surface area contributed by atoms with Gasteiger partial charge in [0.05, 0.1) is 40.6 Å². The number of thiophene rings is 1. The van der Waals surface area contributed by atoms with Gasteiger partial charge < -0.3 is 19.7 Å². The van der Waals surface area contributed by atoms with E-state index < -0.39 is 30.7 Å². The number of alkyl halides is 4. The van der Waals surface area contributed by atoms with Crippen LogP contribution in [0.4, 0.5) is 23.2 Å². The highest BCUT2D eigenvalue weighted by molar-refractivity contribution is 7.23. The van der Waals surface area contributed by atoms with Crippen molar-refractivity contribution in [3.05, 3.63) is 47.9 Å². The summed E-state index contributed by atoms with van der Waals surface area (Å²) < 4.78 is 63.4. The molecule has 214 valence electrons. The minimum absolute atomic E-state index is 0.0119. The molecule has 14 heteroatoms. The molecule has 1 fully saturated rings. The Labute approximate surface area is 231 Å². The Bertz CT molecular complexity index is 1500. The molecule has 40 heavy (non-hydrogen) atoms. The summed E-state index contributed by atoms with van der Waals surface area (Å²) in [5, 5.41) is 10.2. The Hall–Kier alpha value is -3.52. The summed E-state index contributed by atoms with van der Waals surface area (Å²) in [4.78, 5) is 22.8. The molecular formula is C26H29F4N7O2S. The predicted molar refractivity (Wildman–Crippen MR) is 143 cm³/mol. The third-order valence-electron chi connectivity index (χ3n) is 6.85. The average Bonchev–Trinajstić information content (AvgIpc) is 3.62. The molecule has 0 unspecified atom stereocenters. The van der Waals surface area contributed by atoms with E-state index in [0.717, 1.165) is 17.9 Å². The molecule has 4 heterocycles. The van der Waals surface area contributed by atoms with Crippen molar-refractivity contribution in [1.82, 2.24) is 29.9 Å². The maximum absolute atomic E-state index is 15.0. The van der Waals surface area contributed by atoms with E-state index in [1.807, 2.05) is 13.8 Å². The molecule has 1 aliphatic heterocycles. The number of anilines is 1. The minimum atomic E-state index is -4.48. The number of nitrogens with one attached hydrogen (secondary N) is 2. The lowest BCUT2D eigenvalue weighted by Crippen LogP contribution is -2.50. The summed E-state index contributed by atoms with van der Waals surface area (Å²) in [5.74, 6) is -0.437. The molecule has 1 aliphatic rings. The van der Waals surface area contributed by atoms with Gasteiger partial charge in [0.15, 0.2) is 0 Å². The SMILES string of the molecule is CC(C)N1CC[C@@H](Nc2cccc3c(CC(F)(F)F)c(-c4noc(CNC(=O)c5cn(C)cn5)n4)sc23)[C@@H](F)C1. The van der Waals surface area contributed by atoms with Gasteiger partial charge in [-0.15, -0.1) is 11.3 Å². The van der Waals surface area contributed by atoms with Gasteiger partial charge in [-0.1, -0.05) is 17.3 Å². The van der Waals surface area contributed by atoms with Gasteiger partial charge >= 0.3 is 6.18 Å². The minimum Gasteiger partial charge on any atom is -0.378 e. The Morgan fingerprint density at radius 3 is 2.77 bits per heavy atom. The van der Waals surface area contributed by atoms with Gasteiger partial charge in [0.1, 0.15) is 11.9 Å². The van der Waals surface area contributed by atoms with Gasteiger partial charge in [0, 0.05) is 32.4 Å². The standard InChI is InChI=1S/C26H29F4N7O2S/c1-14(2)37-8-7-18(17(27)11-37)33-19-6-4-5-15-16(9-26(28,29)30)23(40-22(15)19)24-34-21(39-35-24)10-31-25(38)20-12-36(3)13-32-20/h4-6,12-14,17-18,33H,7-11H2,1-3H3,(H,31,38)/t17-,18+/m0/s1. The quantitative estimate of drug-likeness (QED) is 0.285. The van der Waals surface area contributed by atoms with Crippen LogP contribution in [0.2, 0.25) is 0 Å². The number of aryl methyl sites for hydroxylation is 1. The number of imidazole rings is 1. The van der Waals surface area contributed by atoms with Crippen molar-refractivity contribution < 1.29 is 26.9 Å². The molecule has 2 atom stereocenters. The maximum atomic E-state index is 15.0. The molecule has 1 saturated heterocycles. The summed E-state index contributed by atoms with van der Waals surface area (Å²) in [6.07, 6.45) is -3.20. The van der Waals surface area contributed by atoms with Crippen LogP contribution in [-0.4, -0.2) is 68.0 Å². The smallest absolute Gasteiger partial charge is 0.378 e. The van der Waals surface area contributed by atoms with Crippen molar-refractivity contribution in [2.75, 3.05) is 18.4 Å². The van der Waals surface area contributed by atoms with Crippen LogP contribution in [-0.2, 0) is 20.0 Å². The topological polar surface area (TPSA) is 101 Å². The Balaban J connectivity index is 1.41. The summed E-state index contributed by atoms with van der Waals surface area (Å²) in [6, 6.07) is 4.79. The number of aromatic nitrogens is 4. The first-order chi connectivity index (χ1) is 19.0. The van der Waals surface area contributed by atoms with Gasteiger partial charge in [-0.05, 0) is 37.3 Å². The zero-order valence-electron chi connectivity index (χ0n) is 22.1. The molecule has 3 aromatic heterocycles. The van der Waals surface area contributed by atoms with Crippen molar-refractivity contribution in [3.63, 3.8) is 0 Å². The number of halogens is 4. The van der Waals surface area contributed by atoms with E-state index in [2.05, 4.69) is 30.7 Å². The number of nitrogens with zero attached hydrogens (tertiary/aromatic N) is 5. The predicted octanol–water partition coefficient (Wildman–Crippen LogP) is 4.95. The summed E-state index contributed by atoms with van der Waals surface area (Å²) >= 11 is 1.10. The van der Waals surface area contributed by atoms with E-state index in [4.69, 9.17) is 4.52 Å². The van der Waals surface area contributed by atoms with Crippen LogP contribution < -0.4 is 10.6 Å². The number of amides is 1. The molecule has 2 N–H and O–H groups in total. The second-order valence-electron chi connectivity index (χ2n) is 10.1. The van der Waals surface area contributed by atoms with Crippen LogP contribution >= 0.6 is 11.3 Å². The molecule has 9 nitrogen and oxygen atoms in total. The number of likely N-dealkylation sites (tertiary alicyclic amines) is 1. The van der Waals surface area contributed by atoms with E-state index in [9.17, 15) is 18.0 Å². The van der Waals surface area contributed by atoms with E-state index >= 15 is 4.39 Å². The highest BCUT2D eigenvalue weighted by atomic mass is 32.1. The highest BCUT2D eigenvalue weighted by Crippen LogP contribution is 2.43. The van der Waals surface area contributed by atoms with Gasteiger partial charge in [-0.2, -0.15) is 18.2 Å². The lowest BCUT2D eigenvalue weighted by atomic mass is 10.0. The molecule has 1 amide bonds. The Kier molecular flexibility index (Phi) is 7.82. The van der Waals surface area contributed by atoms with E-state index in [0.29, 0.717) is 28.7 Å². The molecule has 0 saturated carbocycles. The van der Waals surface area contributed by atoms with E-state index in [1.54, 1.807) is 36.0 Å². The fourth-order valence-electron chi connectivity index (χ4n) is 4.80. The fraction of sp³-hybridized carbons (Fsp3) is 0.462. The number of rotatable bonds is 8. The summed E-state index contributed by atoms with van der Waals surface area (Å²) in [7, 11) is 1.73. The number of hydrogen-bond donors (Lipinski definition) is 2. The van der Waals surface area contributed by atoms with Crippen molar-refractivity contribution in [2.45, 2.75) is 57.7 Å². The second-order valence-corrected chi connectivity index (χ2v) is 11.2. The summed E-state index contributed by atoms with van der Waals surface area (Å²) in [6.45, 7) is 4.94. The zero-order valence-corrected chi connectivity index (χ0v) is 22.9. The zero-order chi connectivity index (χ0) is 28.6. The lowest BCUT2D eigenvalue weighted by Gasteiger charge is -2.37. The second kappa shape index (κ2) is 11.2. The molecule has 0 bridgehead atoms. The molecule has 4 aromatic rings. The normalized spacial score (nSPS) is 18.5. The van der Waals surface area contributed by atoms with E-state index in [-0.39, 0.29) is 40.4 Å². The van der Waals surface area contributed by atoms with Gasteiger partial charge in [0.25, 0.3) is 5.91 Å². The lowest BCUT2D eigenvalue weighted by molar-refractivity contribution is -0.126. The van der Waals surface area contributed by atoms with Gasteiger partial charge in [-0.3, -0.25) is 9.69 Å². The van der Waals surface area contributed by atoms with Crippen molar-refractivity contribution in [2.24, 2.45) is 7.05 Å². The van der Waals surface area contributed by atoms with E-state index in [1.165, 1.54) is 6.33 Å². The Morgan fingerprint density at radius 1 is 1.30 bits per heavy atom. The number of carbonyl (C=O) groups is 1. The van der Waals surface area contributed by atoms with Crippen LogP contribution in [0, 0.1) is 0 Å². The highest BCUT2D eigenvalue weighted by Gasteiger charge is 2.34. The third-order valence-corrected chi connectivity index (χ3v) is 8.13. The molecule has 1 aromatic carbocycles. The molecule has 0 radical (unpaired) electrons. The third kappa shape index (κ3) is 6.12. The number of fused-ring (bicyclic) bond motifs is 1. The van der Waals surface area contributed by atoms with Crippen LogP contribution in [0.25, 0.3) is 20.8 Å². The first kappa shape index (κ1) is 28.0. The number of piperidine rings is 1. The first-order valence-corrected chi connectivity index (χ1v) is 13.6. The number of hydrogen-bond acceptors (Lipinski definition) is 8. The fourth-order valence-corrected chi connectivity index (χ4v) is 6.02. The molecule has 5 rings (SSSR count). The van der Waals surface area contributed by atoms with Crippen molar-refractivity contribution >= 4 is 33.0 Å². The first-order valence-electron chi connectivity index (χ1n) is 12.8. The van der Waals surface area contributed by atoms with Gasteiger partial charge in [0.2, 0.25) is 11.7 Å².